The Morgan fingerprint density at radius 2 is 1.88 bits per heavy atom. The molecule has 1 amide bonds. The van der Waals surface area contributed by atoms with Crippen LogP contribution in [0.4, 0.5) is 17.1 Å². The average Bonchev–Trinajstić information content (AvgIpc) is 2.57. The van der Waals surface area contributed by atoms with E-state index in [1.807, 2.05) is 32.9 Å². The van der Waals surface area contributed by atoms with Crippen LogP contribution in [0.3, 0.4) is 0 Å². The smallest absolute Gasteiger partial charge is 0.246 e. The minimum atomic E-state index is -0.249. The summed E-state index contributed by atoms with van der Waals surface area (Å²) in [5.74, 6) is 0.0188. The van der Waals surface area contributed by atoms with Crippen molar-refractivity contribution in [1.29, 1.82) is 0 Å². The fourth-order valence-corrected chi connectivity index (χ4v) is 3.83. The molecule has 0 saturated heterocycles. The highest BCUT2D eigenvalue weighted by molar-refractivity contribution is 5.98. The van der Waals surface area contributed by atoms with Crippen molar-refractivity contribution in [1.82, 2.24) is 0 Å². The fourth-order valence-electron chi connectivity index (χ4n) is 3.83. The lowest BCUT2D eigenvalue weighted by atomic mass is 9.98. The van der Waals surface area contributed by atoms with Crippen LogP contribution < -0.4 is 16.0 Å². The number of nitrogens with two attached hydrogens (primary N) is 1. The van der Waals surface area contributed by atoms with Crippen LogP contribution in [-0.2, 0) is 11.2 Å². The molecule has 0 fully saturated rings. The van der Waals surface area contributed by atoms with Gasteiger partial charge in [0.2, 0.25) is 5.91 Å². The summed E-state index contributed by atoms with van der Waals surface area (Å²) < 4.78 is 0. The lowest BCUT2D eigenvalue weighted by Gasteiger charge is -2.36. The Balaban J connectivity index is 1.84. The number of anilines is 3. The maximum Gasteiger partial charge on any atom is 0.246 e. The predicted molar refractivity (Wildman–Crippen MR) is 105 cm³/mol. The van der Waals surface area contributed by atoms with E-state index in [1.54, 1.807) is 0 Å². The summed E-state index contributed by atoms with van der Waals surface area (Å²) in [4.78, 5) is 15.1. The molecule has 1 heterocycles. The van der Waals surface area contributed by atoms with E-state index in [9.17, 15) is 4.79 Å². The van der Waals surface area contributed by atoms with E-state index >= 15 is 0 Å². The van der Waals surface area contributed by atoms with Crippen LogP contribution in [0.5, 0.6) is 0 Å². The molecule has 0 spiro atoms. The maximum absolute atomic E-state index is 12.9. The van der Waals surface area contributed by atoms with Crippen molar-refractivity contribution < 1.29 is 4.79 Å². The first-order valence-electron chi connectivity index (χ1n) is 8.91. The molecule has 1 unspecified atom stereocenters. The number of carbonyl (C=O) groups is 1. The Bertz CT molecular complexity index is 790. The number of hydrogen-bond donors (Lipinski definition) is 2. The third-order valence-corrected chi connectivity index (χ3v) is 5.09. The SMILES string of the molecule is Cc1cc(C)c(NC(=O)C(C)N2CCCc3c(N)cccc32)c(C)c1. The van der Waals surface area contributed by atoms with E-state index in [1.165, 1.54) is 5.56 Å². The largest absolute Gasteiger partial charge is 0.398 e. The Hall–Kier alpha value is -2.49. The Morgan fingerprint density at radius 1 is 1.20 bits per heavy atom. The van der Waals surface area contributed by atoms with Crippen molar-refractivity contribution in [2.45, 2.75) is 46.6 Å². The minimum Gasteiger partial charge on any atom is -0.398 e. The second-order valence-electron chi connectivity index (χ2n) is 7.08. The van der Waals surface area contributed by atoms with Gasteiger partial charge in [-0.05, 0) is 69.4 Å². The molecule has 132 valence electrons. The molecule has 0 aromatic heterocycles. The number of nitrogen functional groups attached to an aromatic ring is 1. The molecule has 2 aromatic rings. The first kappa shape index (κ1) is 17.3. The predicted octanol–water partition coefficient (Wildman–Crippen LogP) is 3.97. The van der Waals surface area contributed by atoms with Gasteiger partial charge in [0.15, 0.2) is 0 Å². The second kappa shape index (κ2) is 6.79. The summed E-state index contributed by atoms with van der Waals surface area (Å²) >= 11 is 0. The zero-order chi connectivity index (χ0) is 18.1. The number of nitrogens with one attached hydrogen (secondary N) is 1. The molecule has 1 aliphatic rings. The van der Waals surface area contributed by atoms with E-state index in [0.717, 1.165) is 53.1 Å². The maximum atomic E-state index is 12.9. The number of benzene rings is 2. The van der Waals surface area contributed by atoms with E-state index in [0.29, 0.717) is 0 Å². The molecule has 3 N–H and O–H groups in total. The summed E-state index contributed by atoms with van der Waals surface area (Å²) in [5.41, 5.74) is 13.5. The molecule has 2 aromatic carbocycles. The Kier molecular flexibility index (Phi) is 4.71. The van der Waals surface area contributed by atoms with Crippen molar-refractivity contribution in [2.24, 2.45) is 0 Å². The van der Waals surface area contributed by atoms with Gasteiger partial charge in [-0.1, -0.05) is 23.8 Å². The van der Waals surface area contributed by atoms with Crippen molar-refractivity contribution >= 4 is 23.0 Å². The number of amides is 1. The molecule has 1 aliphatic heterocycles. The quantitative estimate of drug-likeness (QED) is 0.833. The second-order valence-corrected chi connectivity index (χ2v) is 7.08. The summed E-state index contributed by atoms with van der Waals surface area (Å²) in [7, 11) is 0. The number of hydrogen-bond acceptors (Lipinski definition) is 3. The van der Waals surface area contributed by atoms with Gasteiger partial charge in [-0.3, -0.25) is 4.79 Å². The van der Waals surface area contributed by atoms with Gasteiger partial charge in [0.25, 0.3) is 0 Å². The average molecular weight is 337 g/mol. The molecule has 3 rings (SSSR count). The number of carbonyl (C=O) groups excluding carboxylic acids is 1. The van der Waals surface area contributed by atoms with Crippen molar-refractivity contribution in [3.63, 3.8) is 0 Å². The van der Waals surface area contributed by atoms with Crippen LogP contribution in [-0.4, -0.2) is 18.5 Å². The Labute approximate surface area is 150 Å². The van der Waals surface area contributed by atoms with Gasteiger partial charge in [-0.25, -0.2) is 0 Å². The highest BCUT2D eigenvalue weighted by Gasteiger charge is 2.27. The van der Waals surface area contributed by atoms with Gasteiger partial charge in [0.1, 0.15) is 6.04 Å². The highest BCUT2D eigenvalue weighted by Crippen LogP contribution is 2.33. The molecule has 0 aliphatic carbocycles. The summed E-state index contributed by atoms with van der Waals surface area (Å²) in [6.45, 7) is 8.99. The van der Waals surface area contributed by atoms with E-state index in [-0.39, 0.29) is 11.9 Å². The summed E-state index contributed by atoms with van der Waals surface area (Å²) in [5, 5.41) is 3.14. The van der Waals surface area contributed by atoms with Gasteiger partial charge in [0, 0.05) is 23.6 Å². The molecule has 0 radical (unpaired) electrons. The molecule has 1 atom stereocenters. The first-order valence-corrected chi connectivity index (χ1v) is 8.91. The van der Waals surface area contributed by atoms with Crippen LogP contribution in [0, 0.1) is 20.8 Å². The third-order valence-electron chi connectivity index (χ3n) is 5.09. The minimum absolute atomic E-state index is 0.0188. The third kappa shape index (κ3) is 3.34. The number of aryl methyl sites for hydroxylation is 3. The van der Waals surface area contributed by atoms with Crippen LogP contribution in [0.2, 0.25) is 0 Å². The van der Waals surface area contributed by atoms with E-state index in [4.69, 9.17) is 5.73 Å². The number of nitrogens with zero attached hydrogens (tertiary/aromatic N) is 1. The zero-order valence-corrected chi connectivity index (χ0v) is 15.5. The molecular weight excluding hydrogens is 310 g/mol. The summed E-state index contributed by atoms with van der Waals surface area (Å²) in [6.07, 6.45) is 1.99. The molecule has 0 bridgehead atoms. The monoisotopic (exact) mass is 337 g/mol. The fraction of sp³-hybridized carbons (Fsp3) is 0.381. The molecular formula is C21H27N3O. The summed E-state index contributed by atoms with van der Waals surface area (Å²) in [6, 6.07) is 9.92. The van der Waals surface area contributed by atoms with Crippen LogP contribution >= 0.6 is 0 Å². The van der Waals surface area contributed by atoms with Crippen LogP contribution in [0.1, 0.15) is 35.6 Å². The zero-order valence-electron chi connectivity index (χ0n) is 15.5. The number of fused-ring (bicyclic) bond motifs is 1. The highest BCUT2D eigenvalue weighted by atomic mass is 16.2. The first-order chi connectivity index (χ1) is 11.9. The number of rotatable bonds is 3. The molecule has 25 heavy (non-hydrogen) atoms. The molecule has 0 saturated carbocycles. The van der Waals surface area contributed by atoms with E-state index in [2.05, 4.69) is 35.3 Å². The van der Waals surface area contributed by atoms with Gasteiger partial charge < -0.3 is 16.0 Å². The van der Waals surface area contributed by atoms with Crippen LogP contribution in [0.15, 0.2) is 30.3 Å². The van der Waals surface area contributed by atoms with Gasteiger partial charge in [-0.15, -0.1) is 0 Å². The van der Waals surface area contributed by atoms with E-state index < -0.39 is 0 Å². The van der Waals surface area contributed by atoms with Crippen LogP contribution in [0.25, 0.3) is 0 Å². The normalized spacial score (nSPS) is 14.8. The lowest BCUT2D eigenvalue weighted by Crippen LogP contribution is -2.45. The van der Waals surface area contributed by atoms with Gasteiger partial charge in [-0.2, -0.15) is 0 Å². The van der Waals surface area contributed by atoms with Crippen molar-refractivity contribution in [3.05, 3.63) is 52.6 Å². The topological polar surface area (TPSA) is 58.4 Å². The van der Waals surface area contributed by atoms with Crippen molar-refractivity contribution in [2.75, 3.05) is 22.5 Å². The van der Waals surface area contributed by atoms with Gasteiger partial charge in [0.05, 0.1) is 0 Å². The Morgan fingerprint density at radius 3 is 2.56 bits per heavy atom. The molecule has 4 nitrogen and oxygen atoms in total. The van der Waals surface area contributed by atoms with Gasteiger partial charge >= 0.3 is 0 Å². The molecule has 4 heteroatoms. The standard InChI is InChI=1S/C21H27N3O/c1-13-11-14(2)20(15(3)12-13)23-21(25)16(4)24-10-6-7-17-18(22)8-5-9-19(17)24/h5,8-9,11-12,16H,6-7,10,22H2,1-4H3,(H,23,25). The lowest BCUT2D eigenvalue weighted by molar-refractivity contribution is -0.117. The van der Waals surface area contributed by atoms with Crippen molar-refractivity contribution in [3.8, 4) is 0 Å².